The quantitative estimate of drug-likeness (QED) is 0.428. The van der Waals surface area contributed by atoms with E-state index in [4.69, 9.17) is 23.2 Å². The Morgan fingerprint density at radius 1 is 0.893 bits per heavy atom. The molecule has 0 spiro atoms. The number of hydrogen-bond donors (Lipinski definition) is 0. The lowest BCUT2D eigenvalue weighted by molar-refractivity contribution is -0.141. The standard InChI is InChI=1S/C19H10Cl2F3N3O/c20-12-4-1-3-11(7-12)15-9-17-25-16(19(22,23)24)10-18(28)27(17)26(15)14-6-2-5-13(21)8-14/h1-10H. The van der Waals surface area contributed by atoms with E-state index in [1.807, 2.05) is 0 Å². The SMILES string of the molecule is O=c1cc(C(F)(F)F)nc2cc(-c3cccc(Cl)c3)n(-c3cccc(Cl)c3)n12. The van der Waals surface area contributed by atoms with Crippen molar-refractivity contribution in [2.24, 2.45) is 0 Å². The fourth-order valence-electron chi connectivity index (χ4n) is 2.94. The fourth-order valence-corrected chi connectivity index (χ4v) is 3.32. The number of alkyl halides is 3. The van der Waals surface area contributed by atoms with Crippen molar-refractivity contribution in [3.8, 4) is 16.9 Å². The Morgan fingerprint density at radius 2 is 1.57 bits per heavy atom. The van der Waals surface area contributed by atoms with E-state index < -0.39 is 17.4 Å². The molecule has 2 aromatic heterocycles. The molecule has 28 heavy (non-hydrogen) atoms. The van der Waals surface area contributed by atoms with Crippen molar-refractivity contribution < 1.29 is 13.2 Å². The first-order chi connectivity index (χ1) is 13.2. The Labute approximate surface area is 166 Å². The molecule has 0 amide bonds. The molecule has 0 fully saturated rings. The van der Waals surface area contributed by atoms with Crippen molar-refractivity contribution in [3.05, 3.63) is 86.8 Å². The van der Waals surface area contributed by atoms with Gasteiger partial charge in [-0.2, -0.15) is 17.7 Å². The van der Waals surface area contributed by atoms with Crippen LogP contribution >= 0.6 is 23.2 Å². The third-order valence-electron chi connectivity index (χ3n) is 4.08. The van der Waals surface area contributed by atoms with E-state index in [1.165, 1.54) is 10.7 Å². The Morgan fingerprint density at radius 3 is 2.21 bits per heavy atom. The smallest absolute Gasteiger partial charge is 0.267 e. The highest BCUT2D eigenvalue weighted by atomic mass is 35.5. The lowest BCUT2D eigenvalue weighted by Gasteiger charge is -2.12. The minimum Gasteiger partial charge on any atom is -0.267 e. The summed E-state index contributed by atoms with van der Waals surface area (Å²) >= 11 is 12.1. The van der Waals surface area contributed by atoms with Gasteiger partial charge in [0.25, 0.3) is 5.56 Å². The van der Waals surface area contributed by atoms with Gasteiger partial charge in [0.1, 0.15) is 0 Å². The average molecular weight is 424 g/mol. The predicted octanol–water partition coefficient (Wildman–Crippen LogP) is 5.48. The molecule has 0 unspecified atom stereocenters. The molecule has 0 aliphatic rings. The van der Waals surface area contributed by atoms with Crippen LogP contribution in [0.25, 0.3) is 22.6 Å². The van der Waals surface area contributed by atoms with Gasteiger partial charge < -0.3 is 0 Å². The maximum atomic E-state index is 13.1. The molecule has 4 nitrogen and oxygen atoms in total. The molecular formula is C19H10Cl2F3N3O. The summed E-state index contributed by atoms with van der Waals surface area (Å²) in [4.78, 5) is 16.2. The summed E-state index contributed by atoms with van der Waals surface area (Å²) in [5, 5.41) is 0.848. The molecule has 0 aliphatic carbocycles. The van der Waals surface area contributed by atoms with Crippen molar-refractivity contribution in [2.75, 3.05) is 0 Å². The number of halogens is 5. The summed E-state index contributed by atoms with van der Waals surface area (Å²) in [6.45, 7) is 0. The number of aromatic nitrogens is 3. The van der Waals surface area contributed by atoms with E-state index in [-0.39, 0.29) is 5.65 Å². The number of fused-ring (bicyclic) bond motifs is 1. The minimum atomic E-state index is -4.73. The Hall–Kier alpha value is -2.77. The second-order valence-corrected chi connectivity index (χ2v) is 6.85. The summed E-state index contributed by atoms with van der Waals surface area (Å²) in [7, 11) is 0. The summed E-state index contributed by atoms with van der Waals surface area (Å²) in [6.07, 6.45) is -4.73. The van der Waals surface area contributed by atoms with Crippen molar-refractivity contribution in [1.82, 2.24) is 14.2 Å². The molecule has 0 saturated carbocycles. The van der Waals surface area contributed by atoms with Crippen molar-refractivity contribution in [2.45, 2.75) is 6.18 Å². The monoisotopic (exact) mass is 423 g/mol. The lowest BCUT2D eigenvalue weighted by Crippen LogP contribution is -2.23. The first kappa shape index (κ1) is 18.6. The predicted molar refractivity (Wildman–Crippen MR) is 101 cm³/mol. The molecule has 142 valence electrons. The third-order valence-corrected chi connectivity index (χ3v) is 4.55. The van der Waals surface area contributed by atoms with Gasteiger partial charge in [-0.25, -0.2) is 9.67 Å². The molecule has 2 heterocycles. The van der Waals surface area contributed by atoms with Gasteiger partial charge in [0.2, 0.25) is 0 Å². The van der Waals surface area contributed by atoms with E-state index in [1.54, 1.807) is 48.5 Å². The van der Waals surface area contributed by atoms with Gasteiger partial charge in [0, 0.05) is 27.7 Å². The largest absolute Gasteiger partial charge is 0.433 e. The molecular weight excluding hydrogens is 414 g/mol. The first-order valence-corrected chi connectivity index (χ1v) is 8.74. The maximum Gasteiger partial charge on any atom is 0.433 e. The van der Waals surface area contributed by atoms with Crippen LogP contribution in [0.4, 0.5) is 13.2 Å². The second kappa shape index (κ2) is 6.68. The van der Waals surface area contributed by atoms with Crippen molar-refractivity contribution in [3.63, 3.8) is 0 Å². The number of rotatable bonds is 2. The van der Waals surface area contributed by atoms with Crippen LogP contribution in [0.2, 0.25) is 10.0 Å². The highest BCUT2D eigenvalue weighted by molar-refractivity contribution is 6.31. The normalized spacial score (nSPS) is 11.9. The van der Waals surface area contributed by atoms with Gasteiger partial charge in [0.05, 0.1) is 11.4 Å². The summed E-state index contributed by atoms with van der Waals surface area (Å²) < 4.78 is 41.8. The van der Waals surface area contributed by atoms with Crippen LogP contribution in [-0.2, 0) is 6.18 Å². The summed E-state index contributed by atoms with van der Waals surface area (Å²) in [5.74, 6) is 0. The van der Waals surface area contributed by atoms with Gasteiger partial charge in [-0.1, -0.05) is 41.4 Å². The van der Waals surface area contributed by atoms with Gasteiger partial charge >= 0.3 is 6.18 Å². The molecule has 0 N–H and O–H groups in total. The second-order valence-electron chi connectivity index (χ2n) is 5.98. The molecule has 0 bridgehead atoms. The van der Waals surface area contributed by atoms with Gasteiger partial charge in [-0.15, -0.1) is 0 Å². The van der Waals surface area contributed by atoms with Crippen molar-refractivity contribution >= 4 is 28.8 Å². The summed E-state index contributed by atoms with van der Waals surface area (Å²) in [5.41, 5.74) is -0.737. The maximum absolute atomic E-state index is 13.1. The average Bonchev–Trinajstić information content (AvgIpc) is 3.01. The highest BCUT2D eigenvalue weighted by Gasteiger charge is 2.34. The van der Waals surface area contributed by atoms with E-state index >= 15 is 0 Å². The number of nitrogens with zero attached hydrogens (tertiary/aromatic N) is 3. The Bertz CT molecular complexity index is 1260. The molecule has 2 aromatic carbocycles. The molecule has 0 radical (unpaired) electrons. The molecule has 9 heteroatoms. The van der Waals surface area contributed by atoms with Crippen LogP contribution in [-0.4, -0.2) is 14.2 Å². The van der Waals surface area contributed by atoms with E-state index in [0.717, 1.165) is 4.52 Å². The van der Waals surface area contributed by atoms with Gasteiger partial charge in [-0.3, -0.25) is 4.79 Å². The van der Waals surface area contributed by atoms with E-state index in [9.17, 15) is 18.0 Å². The highest BCUT2D eigenvalue weighted by Crippen LogP contribution is 2.30. The van der Waals surface area contributed by atoms with Crippen LogP contribution in [0.15, 0.2) is 65.5 Å². The molecule has 4 rings (SSSR count). The topological polar surface area (TPSA) is 39.3 Å². The Balaban J connectivity index is 2.11. The summed E-state index contributed by atoms with van der Waals surface area (Å²) in [6, 6.07) is 15.2. The lowest BCUT2D eigenvalue weighted by atomic mass is 10.1. The van der Waals surface area contributed by atoms with Crippen LogP contribution in [0, 0.1) is 0 Å². The zero-order chi connectivity index (χ0) is 20.1. The molecule has 4 aromatic rings. The minimum absolute atomic E-state index is 0.144. The van der Waals surface area contributed by atoms with E-state index in [0.29, 0.717) is 33.1 Å². The molecule has 0 saturated heterocycles. The van der Waals surface area contributed by atoms with Crippen molar-refractivity contribution in [1.29, 1.82) is 0 Å². The van der Waals surface area contributed by atoms with Crippen LogP contribution in [0.5, 0.6) is 0 Å². The fraction of sp³-hybridized carbons (Fsp3) is 0.0526. The Kier molecular flexibility index (Phi) is 4.44. The van der Waals surface area contributed by atoms with Gasteiger partial charge in [0.15, 0.2) is 11.3 Å². The first-order valence-electron chi connectivity index (χ1n) is 7.99. The van der Waals surface area contributed by atoms with Crippen LogP contribution in [0.1, 0.15) is 5.69 Å². The number of benzene rings is 2. The number of hydrogen-bond acceptors (Lipinski definition) is 2. The molecule has 0 aliphatic heterocycles. The zero-order valence-corrected chi connectivity index (χ0v) is 15.4. The third kappa shape index (κ3) is 3.27. The van der Waals surface area contributed by atoms with E-state index in [2.05, 4.69) is 4.98 Å². The molecule has 0 atom stereocenters. The van der Waals surface area contributed by atoms with Crippen LogP contribution in [0.3, 0.4) is 0 Å². The van der Waals surface area contributed by atoms with Crippen LogP contribution < -0.4 is 5.56 Å². The zero-order valence-electron chi connectivity index (χ0n) is 13.9. The van der Waals surface area contributed by atoms with Gasteiger partial charge in [-0.05, 0) is 30.3 Å².